The van der Waals surface area contributed by atoms with Gasteiger partial charge in [-0.25, -0.2) is 14.2 Å². The standard InChI is InChI=1S/C30H44FN7O4/c1-7-38(20(4)5)28(39)23-15-22(31)10-11-25(23)42-27-26(33-21(6)34-35-27)36-14-12-30(16-36)17-37(18-30)24(19(2)3)9-8-13-32-29(40)41/h10-11,15,19-20,24,32H,7-9,12-14,16-18H2,1-6H3,(H,40,41)/t24-/m1/s1. The molecule has 2 fully saturated rings. The second-order valence-corrected chi connectivity index (χ2v) is 12.2. The Balaban J connectivity index is 1.48. The van der Waals surface area contributed by atoms with Crippen LogP contribution >= 0.6 is 0 Å². The summed E-state index contributed by atoms with van der Waals surface area (Å²) in [5.74, 6) is 1.10. The number of likely N-dealkylation sites (tertiary alicyclic amines) is 1. The number of nitrogens with one attached hydrogen (secondary N) is 1. The van der Waals surface area contributed by atoms with Crippen LogP contribution in [0.15, 0.2) is 18.2 Å². The fourth-order valence-electron chi connectivity index (χ4n) is 6.29. The summed E-state index contributed by atoms with van der Waals surface area (Å²) >= 11 is 0. The highest BCUT2D eigenvalue weighted by Gasteiger charge is 2.50. The molecule has 2 aromatic rings. The lowest BCUT2D eigenvalue weighted by Crippen LogP contribution is -2.62. The topological polar surface area (TPSA) is 124 Å². The first-order chi connectivity index (χ1) is 19.9. The molecule has 11 nitrogen and oxygen atoms in total. The lowest BCUT2D eigenvalue weighted by atomic mass is 9.76. The molecule has 3 heterocycles. The number of nitrogens with zero attached hydrogens (tertiary/aromatic N) is 6. The molecule has 2 N–H and O–H groups in total. The maximum absolute atomic E-state index is 14.3. The van der Waals surface area contributed by atoms with E-state index in [2.05, 4.69) is 44.1 Å². The van der Waals surface area contributed by atoms with Gasteiger partial charge in [-0.1, -0.05) is 13.8 Å². The average molecular weight is 586 g/mol. The Morgan fingerprint density at radius 1 is 1.19 bits per heavy atom. The Labute approximate surface area is 247 Å². The molecule has 0 saturated carbocycles. The number of amides is 2. The van der Waals surface area contributed by atoms with Crippen molar-refractivity contribution in [2.24, 2.45) is 11.3 Å². The molecule has 1 atom stereocenters. The average Bonchev–Trinajstić information content (AvgIpc) is 3.35. The third kappa shape index (κ3) is 7.08. The second kappa shape index (κ2) is 13.2. The van der Waals surface area contributed by atoms with Gasteiger partial charge in [-0.2, -0.15) is 0 Å². The number of anilines is 1. The van der Waals surface area contributed by atoms with Crippen LogP contribution in [0.2, 0.25) is 0 Å². The predicted octanol–water partition coefficient (Wildman–Crippen LogP) is 4.57. The molecular formula is C30H44FN7O4. The van der Waals surface area contributed by atoms with Gasteiger partial charge in [-0.3, -0.25) is 9.69 Å². The summed E-state index contributed by atoms with van der Waals surface area (Å²) in [7, 11) is 0. The largest absolute Gasteiger partial charge is 0.465 e. The van der Waals surface area contributed by atoms with Gasteiger partial charge in [0.2, 0.25) is 0 Å². The van der Waals surface area contributed by atoms with Gasteiger partial charge in [-0.15, -0.1) is 10.2 Å². The molecule has 1 aromatic carbocycles. The zero-order valence-electron chi connectivity index (χ0n) is 25.6. The smallest absolute Gasteiger partial charge is 0.404 e. The number of aromatic nitrogens is 3. The van der Waals surface area contributed by atoms with Crippen LogP contribution in [-0.4, -0.2) is 93.4 Å². The van der Waals surface area contributed by atoms with E-state index in [1.807, 2.05) is 20.8 Å². The number of carbonyl (C=O) groups excluding carboxylic acids is 1. The number of rotatable bonds is 12. The molecule has 2 aliphatic rings. The third-order valence-corrected chi connectivity index (χ3v) is 8.35. The number of hydrogen-bond donors (Lipinski definition) is 2. The Morgan fingerprint density at radius 2 is 1.93 bits per heavy atom. The Hall–Kier alpha value is -3.54. The van der Waals surface area contributed by atoms with Gasteiger partial charge < -0.3 is 25.0 Å². The molecule has 1 aromatic heterocycles. The molecule has 2 saturated heterocycles. The molecule has 0 unspecified atom stereocenters. The van der Waals surface area contributed by atoms with Gasteiger partial charge in [0.05, 0.1) is 5.56 Å². The molecule has 4 rings (SSSR count). The van der Waals surface area contributed by atoms with Crippen LogP contribution in [0, 0.1) is 24.1 Å². The molecule has 0 aliphatic carbocycles. The number of carbonyl (C=O) groups is 2. The zero-order valence-corrected chi connectivity index (χ0v) is 25.6. The lowest BCUT2D eigenvalue weighted by molar-refractivity contribution is -0.0338. The molecule has 2 aliphatic heterocycles. The van der Waals surface area contributed by atoms with Crippen LogP contribution in [0.25, 0.3) is 0 Å². The van der Waals surface area contributed by atoms with E-state index >= 15 is 0 Å². The minimum absolute atomic E-state index is 0.0606. The van der Waals surface area contributed by atoms with Gasteiger partial charge in [0.25, 0.3) is 11.8 Å². The van der Waals surface area contributed by atoms with Crippen molar-refractivity contribution >= 4 is 17.8 Å². The van der Waals surface area contributed by atoms with E-state index < -0.39 is 11.9 Å². The van der Waals surface area contributed by atoms with Crippen LogP contribution in [0.5, 0.6) is 11.6 Å². The quantitative estimate of drug-likeness (QED) is 0.345. The van der Waals surface area contributed by atoms with Gasteiger partial charge in [0, 0.05) is 56.8 Å². The molecule has 42 heavy (non-hydrogen) atoms. The first kappa shape index (κ1) is 31.4. The molecule has 0 radical (unpaired) electrons. The SMILES string of the molecule is CCN(C(=O)c1cc(F)ccc1Oc1nnc(C)nc1N1CCC2(C1)CN([C@H](CCCNC(=O)O)C(C)C)C2)C(C)C. The Bertz CT molecular complexity index is 1270. The van der Waals surface area contributed by atoms with E-state index in [9.17, 15) is 14.0 Å². The summed E-state index contributed by atoms with van der Waals surface area (Å²) in [4.78, 5) is 35.1. The van der Waals surface area contributed by atoms with E-state index in [1.54, 1.807) is 11.8 Å². The van der Waals surface area contributed by atoms with Crippen molar-refractivity contribution in [2.45, 2.75) is 72.9 Å². The fraction of sp³-hybridized carbons (Fsp3) is 0.633. The first-order valence-corrected chi connectivity index (χ1v) is 14.9. The van der Waals surface area contributed by atoms with Crippen molar-refractivity contribution in [3.63, 3.8) is 0 Å². The number of halogens is 1. The Kier molecular flexibility index (Phi) is 9.85. The van der Waals surface area contributed by atoms with Crippen LogP contribution in [0.1, 0.15) is 70.1 Å². The van der Waals surface area contributed by atoms with Crippen LogP contribution in [0.3, 0.4) is 0 Å². The fourth-order valence-corrected chi connectivity index (χ4v) is 6.29. The number of aryl methyl sites for hydroxylation is 1. The van der Waals surface area contributed by atoms with Gasteiger partial charge >= 0.3 is 6.09 Å². The van der Waals surface area contributed by atoms with E-state index in [-0.39, 0.29) is 34.6 Å². The van der Waals surface area contributed by atoms with Crippen molar-refractivity contribution in [3.8, 4) is 11.6 Å². The summed E-state index contributed by atoms with van der Waals surface area (Å²) in [6.45, 7) is 16.4. The number of ether oxygens (including phenoxy) is 1. The molecule has 1 spiro atoms. The molecule has 2 amide bonds. The zero-order chi connectivity index (χ0) is 30.6. The van der Waals surface area contributed by atoms with Gasteiger partial charge in [-0.05, 0) is 71.1 Å². The third-order valence-electron chi connectivity index (χ3n) is 8.35. The molecule has 12 heteroatoms. The highest BCUT2D eigenvalue weighted by Crippen LogP contribution is 2.44. The van der Waals surface area contributed by atoms with Crippen LogP contribution in [-0.2, 0) is 0 Å². The number of carboxylic acid groups (broad SMARTS) is 1. The van der Waals surface area contributed by atoms with Crippen molar-refractivity contribution in [1.29, 1.82) is 0 Å². The maximum Gasteiger partial charge on any atom is 0.404 e. The summed E-state index contributed by atoms with van der Waals surface area (Å²) in [5, 5.41) is 19.7. The van der Waals surface area contributed by atoms with Gasteiger partial charge in [0.15, 0.2) is 11.6 Å². The van der Waals surface area contributed by atoms with E-state index in [1.165, 1.54) is 18.2 Å². The number of benzene rings is 1. The maximum atomic E-state index is 14.3. The summed E-state index contributed by atoms with van der Waals surface area (Å²) in [5.41, 5.74) is 0.253. The predicted molar refractivity (Wildman–Crippen MR) is 158 cm³/mol. The van der Waals surface area contributed by atoms with Crippen molar-refractivity contribution in [3.05, 3.63) is 35.4 Å². The lowest BCUT2D eigenvalue weighted by Gasteiger charge is -2.53. The minimum atomic E-state index is -0.983. The van der Waals surface area contributed by atoms with Crippen molar-refractivity contribution in [2.75, 3.05) is 44.2 Å². The molecule has 0 bridgehead atoms. The van der Waals surface area contributed by atoms with Crippen molar-refractivity contribution < 1.29 is 23.8 Å². The van der Waals surface area contributed by atoms with E-state index in [0.29, 0.717) is 36.7 Å². The van der Waals surface area contributed by atoms with Crippen molar-refractivity contribution in [1.82, 2.24) is 30.3 Å². The van der Waals surface area contributed by atoms with Gasteiger partial charge in [0.1, 0.15) is 11.6 Å². The minimum Gasteiger partial charge on any atom is -0.465 e. The Morgan fingerprint density at radius 3 is 2.57 bits per heavy atom. The monoisotopic (exact) mass is 585 g/mol. The summed E-state index contributed by atoms with van der Waals surface area (Å²) in [6, 6.07) is 4.26. The van der Waals surface area contributed by atoms with E-state index in [4.69, 9.17) is 9.84 Å². The summed E-state index contributed by atoms with van der Waals surface area (Å²) in [6.07, 6.45) is 1.76. The molecular weight excluding hydrogens is 541 g/mol. The summed E-state index contributed by atoms with van der Waals surface area (Å²) < 4.78 is 20.5. The normalized spacial score (nSPS) is 17.0. The number of hydrogen-bond acceptors (Lipinski definition) is 8. The second-order valence-electron chi connectivity index (χ2n) is 12.2. The highest BCUT2D eigenvalue weighted by atomic mass is 19.1. The molecule has 230 valence electrons. The highest BCUT2D eigenvalue weighted by molar-refractivity contribution is 5.97. The first-order valence-electron chi connectivity index (χ1n) is 14.9. The van der Waals surface area contributed by atoms with Crippen LogP contribution in [0.4, 0.5) is 15.0 Å². The van der Waals surface area contributed by atoms with E-state index in [0.717, 1.165) is 45.4 Å². The van der Waals surface area contributed by atoms with Crippen LogP contribution < -0.4 is 15.0 Å².